The second kappa shape index (κ2) is 22.6. The van der Waals surface area contributed by atoms with E-state index in [1.807, 2.05) is 0 Å². The normalized spacial score (nSPS) is 20.8. The van der Waals surface area contributed by atoms with Crippen molar-refractivity contribution in [2.75, 3.05) is 32.0 Å². The highest BCUT2D eigenvalue weighted by Crippen LogP contribution is 2.47. The summed E-state index contributed by atoms with van der Waals surface area (Å²) in [5.74, 6) is -0.711. The zero-order valence-electron chi connectivity index (χ0n) is 36.2. The van der Waals surface area contributed by atoms with Crippen LogP contribution in [0.3, 0.4) is 0 Å². The van der Waals surface area contributed by atoms with Gasteiger partial charge in [0.15, 0.2) is 6.23 Å². The van der Waals surface area contributed by atoms with Crippen molar-refractivity contribution in [3.8, 4) is 0 Å². The van der Waals surface area contributed by atoms with E-state index in [1.165, 1.54) is 4.57 Å². The van der Waals surface area contributed by atoms with Crippen LogP contribution in [0, 0.1) is 0 Å². The number of hydrogen-bond donors (Lipinski definition) is 7. The lowest BCUT2D eigenvalue weighted by molar-refractivity contribution is -0.138. The van der Waals surface area contributed by atoms with E-state index in [2.05, 4.69) is 88.4 Å². The third-order valence-corrected chi connectivity index (χ3v) is 24.2. The van der Waals surface area contributed by atoms with Gasteiger partial charge in [0.25, 0.3) is 0 Å². The highest BCUT2D eigenvalue weighted by atomic mass is 31.2. The van der Waals surface area contributed by atoms with Gasteiger partial charge in [-0.2, -0.15) is 4.98 Å². The van der Waals surface area contributed by atoms with Crippen molar-refractivity contribution in [3.05, 3.63) is 17.9 Å². The second-order valence-corrected chi connectivity index (χ2v) is 30.1. The summed E-state index contributed by atoms with van der Waals surface area (Å²) in [5.41, 5.74) is 7.30. The maximum absolute atomic E-state index is 12.4. The number of nitrogens with two attached hydrogens (primary N) is 1. The van der Waals surface area contributed by atoms with Crippen molar-refractivity contribution < 1.29 is 66.0 Å². The molecule has 1 aromatic rings. The van der Waals surface area contributed by atoms with E-state index < -0.39 is 75.4 Å². The Kier molecular flexibility index (Phi) is 20.6. The minimum absolute atomic E-state index is 0.0916. The number of phosphoric ester groups is 2. The summed E-state index contributed by atoms with van der Waals surface area (Å²) in [4.78, 5) is 59.8. The van der Waals surface area contributed by atoms with Gasteiger partial charge in [0.05, 0.1) is 6.61 Å². The van der Waals surface area contributed by atoms with E-state index in [1.54, 1.807) is 12.3 Å². The summed E-state index contributed by atoms with van der Waals surface area (Å²) in [5, 5.41) is 12.5. The number of carboxylic acid groups (broad SMARTS) is 1. The molecule has 2 rings (SSSR count). The first kappa shape index (κ1) is 52.7. The van der Waals surface area contributed by atoms with Crippen LogP contribution in [0.4, 0.5) is 5.82 Å². The number of aromatic nitrogens is 2. The summed E-state index contributed by atoms with van der Waals surface area (Å²) in [6.45, 7) is 24.8. The Morgan fingerprint density at radius 2 is 1.41 bits per heavy atom. The van der Waals surface area contributed by atoms with Gasteiger partial charge in [0.2, 0.25) is 22.3 Å². The molecular weight excluding hydrogens is 833 g/mol. The number of carbonyl (C=O) groups is 1. The van der Waals surface area contributed by atoms with Crippen molar-refractivity contribution in [1.82, 2.24) is 9.55 Å². The van der Waals surface area contributed by atoms with E-state index in [0.29, 0.717) is 35.3 Å². The molecule has 1 aliphatic heterocycles. The number of hydrogen-bond acceptors (Lipinski definition) is 13. The molecule has 23 heteroatoms. The van der Waals surface area contributed by atoms with Crippen LogP contribution in [-0.4, -0.2) is 108 Å². The topological polar surface area (TPSA) is 276 Å². The minimum atomic E-state index is -5.25. The van der Waals surface area contributed by atoms with Crippen molar-refractivity contribution in [2.24, 2.45) is 10.7 Å². The number of carboxylic acids is 1. The summed E-state index contributed by atoms with van der Waals surface area (Å²) in [6, 6.07) is 0.615. The molecule has 5 atom stereocenters. The predicted molar refractivity (Wildman–Crippen MR) is 223 cm³/mol. The zero-order valence-corrected chi connectivity index (χ0v) is 40.0. The second-order valence-electron chi connectivity index (χ2n) is 16.7. The van der Waals surface area contributed by atoms with Gasteiger partial charge in [-0.25, -0.2) is 9.13 Å². The molecule has 0 saturated carbocycles. The van der Waals surface area contributed by atoms with Gasteiger partial charge in [-0.05, 0) is 58.6 Å². The molecule has 8 N–H and O–H groups in total. The minimum Gasteiger partial charge on any atom is -0.480 e. The van der Waals surface area contributed by atoms with Crippen LogP contribution in [0.25, 0.3) is 0 Å². The number of aliphatic carboxylic acids is 1. The van der Waals surface area contributed by atoms with Crippen LogP contribution < -0.4 is 16.7 Å². The molecule has 0 radical (unpaired) electrons. The molecule has 0 amide bonds. The van der Waals surface area contributed by atoms with Crippen molar-refractivity contribution in [3.63, 3.8) is 0 Å². The Labute approximate surface area is 345 Å². The Morgan fingerprint density at radius 3 is 1.90 bits per heavy atom. The number of phosphoric acid groups is 2. The zero-order chi connectivity index (χ0) is 44.4. The molecule has 0 aliphatic carbocycles. The van der Waals surface area contributed by atoms with E-state index in [4.69, 9.17) is 43.1 Å². The molecule has 1 saturated heterocycles. The molecule has 1 aliphatic rings. The first-order valence-corrected chi connectivity index (χ1v) is 27.4. The Bertz CT molecular complexity index is 1560. The van der Waals surface area contributed by atoms with E-state index >= 15 is 0 Å². The van der Waals surface area contributed by atoms with Gasteiger partial charge < -0.3 is 54.1 Å². The fourth-order valence-electron chi connectivity index (χ4n) is 8.76. The lowest BCUT2D eigenvalue weighted by Crippen LogP contribution is -2.49. The van der Waals surface area contributed by atoms with Crippen LogP contribution in [0.15, 0.2) is 17.3 Å². The fourth-order valence-corrected chi connectivity index (χ4v) is 20.3. The van der Waals surface area contributed by atoms with E-state index in [0.717, 1.165) is 0 Å². The third-order valence-electron chi connectivity index (χ3n) is 11.1. The maximum atomic E-state index is 12.4. The van der Waals surface area contributed by atoms with Gasteiger partial charge in [-0.3, -0.25) is 23.4 Å². The monoisotopic (exact) mass is 903 g/mol. The molecule has 338 valence electrons. The van der Waals surface area contributed by atoms with Gasteiger partial charge in [0, 0.05) is 12.7 Å². The Morgan fingerprint density at radius 1 is 0.879 bits per heavy atom. The van der Waals surface area contributed by atoms with E-state index in [9.17, 15) is 38.6 Å². The Balaban J connectivity index is 2.70. The predicted octanol–water partition coefficient (Wildman–Crippen LogP) is 5.95. The molecule has 0 spiro atoms. The van der Waals surface area contributed by atoms with Crippen LogP contribution in [0.5, 0.6) is 0 Å². The molecule has 0 bridgehead atoms. The fraction of sp³-hybridized carbons (Fsp3) is 0.857. The highest BCUT2D eigenvalue weighted by molar-refractivity contribution is 7.46. The van der Waals surface area contributed by atoms with Crippen molar-refractivity contribution in [2.45, 2.75) is 166 Å². The van der Waals surface area contributed by atoms with Crippen LogP contribution >= 0.6 is 15.6 Å². The summed E-state index contributed by atoms with van der Waals surface area (Å²) < 4.78 is 61.5. The van der Waals surface area contributed by atoms with Crippen LogP contribution in [0.2, 0.25) is 33.2 Å². The molecule has 19 nitrogen and oxygen atoms in total. The van der Waals surface area contributed by atoms with Crippen LogP contribution in [-0.2, 0) is 41.3 Å². The maximum Gasteiger partial charge on any atom is 0.470 e. The molecule has 2 heterocycles. The van der Waals surface area contributed by atoms with Crippen LogP contribution in [0.1, 0.15) is 109 Å². The van der Waals surface area contributed by atoms with Gasteiger partial charge in [0.1, 0.15) is 43.7 Å². The Hall–Kier alpha value is -1.40. The molecule has 0 unspecified atom stereocenters. The summed E-state index contributed by atoms with van der Waals surface area (Å²) in [7, 11) is -15.1. The number of anilines is 1. The summed E-state index contributed by atoms with van der Waals surface area (Å²) >= 11 is 0. The number of unbranched alkanes of at least 4 members (excludes halogenated alkanes) is 1. The van der Waals surface area contributed by atoms with Gasteiger partial charge in [-0.1, -0.05) is 83.1 Å². The quantitative estimate of drug-likeness (QED) is 0.0245. The molecule has 1 fully saturated rings. The highest BCUT2D eigenvalue weighted by Gasteiger charge is 2.52. The first-order valence-electron chi connectivity index (χ1n) is 20.0. The average molecular weight is 904 g/mol. The lowest BCUT2D eigenvalue weighted by Gasteiger charge is -2.42. The van der Waals surface area contributed by atoms with E-state index in [-0.39, 0.29) is 48.7 Å². The average Bonchev–Trinajstić information content (AvgIpc) is 3.40. The van der Waals surface area contributed by atoms with Crippen molar-refractivity contribution in [1.29, 1.82) is 0 Å². The number of nitrogens with one attached hydrogen (secondary N) is 1. The van der Waals surface area contributed by atoms with Crippen molar-refractivity contribution >= 4 is 44.1 Å². The largest absolute Gasteiger partial charge is 0.480 e. The molecule has 0 aromatic carbocycles. The molecular formula is C35H71N5O14P2Si2. The molecule has 1 aromatic heterocycles. The standard InChI is InChI=1S/C35H71N5O14P2Si2/c1-22(2)57(23(3)4,24(5)6)51-20-38-30-16-18-40(35(39-30)37-17-14-13-15-28(36)34(41)42)33-32(49-21-52-58(25(7)8,26(9)10)27(11)12)31(54-56(46,47)48)29(53-33)19-50-55(43,44)45/h16,18,22-29,31-33H,13-15,17,19-21,36H2,1-12H3,(H,41,42)(H,37,38,39)(H2,43,44,45)(H2,46,47,48)/t28-,29+,31+,32+,33+/m0/s1. The third kappa shape index (κ3) is 14.3. The number of rotatable bonds is 26. The van der Waals surface area contributed by atoms with Gasteiger partial charge in [-0.15, -0.1) is 0 Å². The smallest absolute Gasteiger partial charge is 0.470 e. The van der Waals surface area contributed by atoms with Gasteiger partial charge >= 0.3 is 21.6 Å². The SMILES string of the molecule is CC(C)[Si](OCNc1ccn([C@@H]2O[C@H](COP(=O)(O)O)[C@@H](OP(=O)(O)O)[C@H]2OCO[Si](C(C)C)(C(C)C)C(C)C)c(=NCCCC[C@H](N)C(=O)O)n1)(C(C)C)C(C)C. The summed E-state index contributed by atoms with van der Waals surface area (Å²) in [6.07, 6.45) is -2.98. The number of nitrogens with zero attached hydrogens (tertiary/aromatic N) is 3. The lowest BCUT2D eigenvalue weighted by atomic mass is 10.1. The number of ether oxygens (including phenoxy) is 2. The first-order chi connectivity index (χ1) is 26.7. The molecule has 58 heavy (non-hydrogen) atoms.